The van der Waals surface area contributed by atoms with E-state index in [2.05, 4.69) is 18.2 Å². The lowest BCUT2D eigenvalue weighted by molar-refractivity contribution is 0.654. The lowest BCUT2D eigenvalue weighted by Crippen LogP contribution is -2.12. The van der Waals surface area contributed by atoms with Crippen molar-refractivity contribution in [2.45, 2.75) is 11.8 Å². The first-order valence-corrected chi connectivity index (χ1v) is 4.95. The van der Waals surface area contributed by atoms with Gasteiger partial charge >= 0.3 is 0 Å². The van der Waals surface area contributed by atoms with Crippen LogP contribution in [0.4, 0.5) is 0 Å². The van der Waals surface area contributed by atoms with E-state index in [0.29, 0.717) is 5.92 Å². The van der Waals surface area contributed by atoms with Gasteiger partial charge in [-0.3, -0.25) is 0 Å². The molecule has 1 aliphatic carbocycles. The maximum atomic E-state index is 6.08. The maximum absolute atomic E-state index is 6.08. The van der Waals surface area contributed by atoms with E-state index in [0.717, 1.165) is 0 Å². The summed E-state index contributed by atoms with van der Waals surface area (Å²) in [5.41, 5.74) is 0. The van der Waals surface area contributed by atoms with Gasteiger partial charge in [-0.25, -0.2) is 0 Å². The van der Waals surface area contributed by atoms with Crippen molar-refractivity contribution in [1.29, 1.82) is 0 Å². The summed E-state index contributed by atoms with van der Waals surface area (Å²) in [7, 11) is 0. The van der Waals surface area contributed by atoms with Crippen molar-refractivity contribution in [3.05, 3.63) is 23.1 Å². The third-order valence-electron chi connectivity index (χ3n) is 2.00. The predicted molar refractivity (Wildman–Crippen MR) is 47.4 cm³/mol. The molecular formula is C8H9ClS. The zero-order chi connectivity index (χ0) is 6.97. The molecule has 2 unspecified atom stereocenters. The van der Waals surface area contributed by atoms with Crippen LogP contribution in [0.2, 0.25) is 0 Å². The van der Waals surface area contributed by atoms with Gasteiger partial charge in [0, 0.05) is 5.92 Å². The molecule has 2 heteroatoms. The minimum Gasteiger partial charge on any atom is -0.130 e. The van der Waals surface area contributed by atoms with E-state index in [4.69, 9.17) is 11.6 Å². The molecule has 1 aliphatic heterocycles. The average Bonchev–Trinajstić information content (AvgIpc) is 2.36. The monoisotopic (exact) mass is 172 g/mol. The van der Waals surface area contributed by atoms with Crippen LogP contribution >= 0.6 is 23.4 Å². The van der Waals surface area contributed by atoms with E-state index < -0.39 is 0 Å². The Morgan fingerprint density at radius 3 is 3.30 bits per heavy atom. The fourth-order valence-corrected chi connectivity index (χ4v) is 3.11. The second-order valence-corrected chi connectivity index (χ2v) is 4.31. The third kappa shape index (κ3) is 1.02. The number of allylic oxidation sites excluding steroid dienone is 4. The van der Waals surface area contributed by atoms with Gasteiger partial charge in [0.05, 0.1) is 5.38 Å². The molecule has 0 N–H and O–H groups in total. The van der Waals surface area contributed by atoms with Gasteiger partial charge in [-0.05, 0) is 17.1 Å². The molecule has 0 aromatic heterocycles. The van der Waals surface area contributed by atoms with Crippen LogP contribution in [0.1, 0.15) is 6.42 Å². The summed E-state index contributed by atoms with van der Waals surface area (Å²) in [6, 6.07) is 0. The molecule has 2 aliphatic rings. The van der Waals surface area contributed by atoms with Crippen molar-refractivity contribution < 1.29 is 0 Å². The molecule has 0 radical (unpaired) electrons. The molecule has 0 amide bonds. The Balaban J connectivity index is 2.25. The summed E-state index contributed by atoms with van der Waals surface area (Å²) in [6.45, 7) is 0. The zero-order valence-electron chi connectivity index (χ0n) is 5.59. The Morgan fingerprint density at radius 1 is 1.60 bits per heavy atom. The Morgan fingerprint density at radius 2 is 2.50 bits per heavy atom. The summed E-state index contributed by atoms with van der Waals surface area (Å²) >= 11 is 8.03. The molecule has 1 saturated heterocycles. The van der Waals surface area contributed by atoms with E-state index in [1.54, 1.807) is 0 Å². The van der Waals surface area contributed by atoms with Crippen LogP contribution in [0.5, 0.6) is 0 Å². The Kier molecular flexibility index (Phi) is 1.79. The van der Waals surface area contributed by atoms with E-state index in [-0.39, 0.29) is 5.38 Å². The lowest BCUT2D eigenvalue weighted by atomic mass is 9.98. The first-order valence-electron chi connectivity index (χ1n) is 3.53. The van der Waals surface area contributed by atoms with Crippen molar-refractivity contribution >= 4 is 23.4 Å². The summed E-state index contributed by atoms with van der Waals surface area (Å²) in [5.74, 6) is 1.89. The van der Waals surface area contributed by atoms with Crippen molar-refractivity contribution in [3.8, 4) is 0 Å². The number of halogens is 1. The van der Waals surface area contributed by atoms with Crippen LogP contribution in [0, 0.1) is 5.92 Å². The average molecular weight is 173 g/mol. The standard InChI is InChI=1S/C8H9ClS/c9-7-2-1-3-8-6(7)4-5-10-8/h1-3,6-7H,4-5H2. The molecule has 2 rings (SSSR count). The lowest BCUT2D eigenvalue weighted by Gasteiger charge is -2.16. The molecule has 1 fully saturated rings. The highest BCUT2D eigenvalue weighted by atomic mass is 35.5. The highest BCUT2D eigenvalue weighted by molar-refractivity contribution is 8.03. The fourth-order valence-electron chi connectivity index (χ4n) is 1.43. The van der Waals surface area contributed by atoms with Gasteiger partial charge in [0.2, 0.25) is 0 Å². The van der Waals surface area contributed by atoms with Crippen LogP contribution in [-0.4, -0.2) is 11.1 Å². The van der Waals surface area contributed by atoms with E-state index in [1.807, 2.05) is 11.8 Å². The topological polar surface area (TPSA) is 0 Å². The first kappa shape index (κ1) is 6.81. The third-order valence-corrected chi connectivity index (χ3v) is 3.66. The van der Waals surface area contributed by atoms with Crippen LogP contribution in [0.15, 0.2) is 23.1 Å². The van der Waals surface area contributed by atoms with Crippen molar-refractivity contribution in [2.75, 3.05) is 5.75 Å². The molecular weight excluding hydrogens is 164 g/mol. The Hall–Kier alpha value is 0.120. The first-order chi connectivity index (χ1) is 4.88. The molecule has 0 saturated carbocycles. The minimum absolute atomic E-state index is 0.259. The molecule has 54 valence electrons. The van der Waals surface area contributed by atoms with Gasteiger partial charge in [0.1, 0.15) is 0 Å². The quantitative estimate of drug-likeness (QED) is 0.507. The van der Waals surface area contributed by atoms with Crippen molar-refractivity contribution in [2.24, 2.45) is 5.92 Å². The van der Waals surface area contributed by atoms with Gasteiger partial charge < -0.3 is 0 Å². The van der Waals surface area contributed by atoms with Crippen LogP contribution in [0.25, 0.3) is 0 Å². The highest BCUT2D eigenvalue weighted by Crippen LogP contribution is 2.42. The molecule has 10 heavy (non-hydrogen) atoms. The summed E-state index contributed by atoms with van der Waals surface area (Å²) in [5, 5.41) is 0.259. The van der Waals surface area contributed by atoms with E-state index in [9.17, 15) is 0 Å². The van der Waals surface area contributed by atoms with E-state index in [1.165, 1.54) is 17.1 Å². The summed E-state index contributed by atoms with van der Waals surface area (Å²) < 4.78 is 0. The largest absolute Gasteiger partial charge is 0.130 e. The van der Waals surface area contributed by atoms with Gasteiger partial charge in [-0.15, -0.1) is 23.4 Å². The van der Waals surface area contributed by atoms with Crippen molar-refractivity contribution in [3.63, 3.8) is 0 Å². The molecule has 0 nitrogen and oxygen atoms in total. The van der Waals surface area contributed by atoms with Gasteiger partial charge in [-0.1, -0.05) is 18.2 Å². The van der Waals surface area contributed by atoms with Gasteiger partial charge in [0.15, 0.2) is 0 Å². The zero-order valence-corrected chi connectivity index (χ0v) is 7.16. The molecule has 1 heterocycles. The molecule has 2 atom stereocenters. The molecule has 0 aromatic rings. The SMILES string of the molecule is ClC1C=CC=C2SCCC21. The van der Waals surface area contributed by atoms with E-state index >= 15 is 0 Å². The van der Waals surface area contributed by atoms with Crippen LogP contribution in [-0.2, 0) is 0 Å². The number of hydrogen-bond donors (Lipinski definition) is 0. The second kappa shape index (κ2) is 2.63. The Labute approximate surface area is 70.3 Å². The smallest absolute Gasteiger partial charge is 0.0592 e. The van der Waals surface area contributed by atoms with Gasteiger partial charge in [0.25, 0.3) is 0 Å². The fraction of sp³-hybridized carbons (Fsp3) is 0.500. The number of fused-ring (bicyclic) bond motifs is 1. The van der Waals surface area contributed by atoms with Crippen LogP contribution < -0.4 is 0 Å². The Bertz CT molecular complexity index is 195. The highest BCUT2D eigenvalue weighted by Gasteiger charge is 2.28. The van der Waals surface area contributed by atoms with Crippen molar-refractivity contribution in [1.82, 2.24) is 0 Å². The maximum Gasteiger partial charge on any atom is 0.0592 e. The molecule has 0 aromatic carbocycles. The number of rotatable bonds is 0. The summed E-state index contributed by atoms with van der Waals surface area (Å²) in [4.78, 5) is 1.49. The minimum atomic E-state index is 0.259. The normalized spacial score (nSPS) is 37.5. The second-order valence-electron chi connectivity index (χ2n) is 2.64. The summed E-state index contributed by atoms with van der Waals surface area (Å²) in [6.07, 6.45) is 7.61. The number of alkyl halides is 1. The van der Waals surface area contributed by atoms with Crippen LogP contribution in [0.3, 0.4) is 0 Å². The molecule has 0 spiro atoms. The number of thioether (sulfide) groups is 1. The predicted octanol–water partition coefficient (Wildman–Crippen LogP) is 2.80. The van der Waals surface area contributed by atoms with Gasteiger partial charge in [-0.2, -0.15) is 0 Å². The number of hydrogen-bond acceptors (Lipinski definition) is 1. The molecule has 0 bridgehead atoms.